The lowest BCUT2D eigenvalue weighted by Gasteiger charge is -2.14. The van der Waals surface area contributed by atoms with Crippen molar-refractivity contribution >= 4 is 22.9 Å². The van der Waals surface area contributed by atoms with E-state index in [1.54, 1.807) is 11.3 Å². The monoisotopic (exact) mass is 317 g/mol. The standard InChI is InChI=1S/C16H16ClN3S/c17-16-7-6-13(21-16)10-20-11-19-9-15(20)14(18)8-12-4-2-1-3-5-12/h1-7,9,11,14H,8,10,18H2/t14-/m1/s1. The quantitative estimate of drug-likeness (QED) is 0.776. The highest BCUT2D eigenvalue weighted by atomic mass is 35.5. The molecular formula is C16H16ClN3S. The summed E-state index contributed by atoms with van der Waals surface area (Å²) in [4.78, 5) is 5.44. The van der Waals surface area contributed by atoms with Crippen LogP contribution in [0.4, 0.5) is 0 Å². The second-order valence-corrected chi connectivity index (χ2v) is 6.75. The lowest BCUT2D eigenvalue weighted by Crippen LogP contribution is -2.17. The van der Waals surface area contributed by atoms with Crippen molar-refractivity contribution in [1.82, 2.24) is 9.55 Å². The largest absolute Gasteiger partial charge is 0.328 e. The molecule has 2 N–H and O–H groups in total. The molecule has 0 amide bonds. The molecule has 3 nitrogen and oxygen atoms in total. The fourth-order valence-electron chi connectivity index (χ4n) is 2.35. The summed E-state index contributed by atoms with van der Waals surface area (Å²) in [6.07, 6.45) is 4.48. The van der Waals surface area contributed by atoms with Gasteiger partial charge in [0.2, 0.25) is 0 Å². The molecule has 0 radical (unpaired) electrons. The first-order chi connectivity index (χ1) is 10.2. The second-order valence-electron chi connectivity index (χ2n) is 4.95. The summed E-state index contributed by atoms with van der Waals surface area (Å²) in [7, 11) is 0. The van der Waals surface area contributed by atoms with Gasteiger partial charge in [0.25, 0.3) is 0 Å². The molecule has 0 saturated heterocycles. The van der Waals surface area contributed by atoms with E-state index in [0.717, 1.165) is 23.0 Å². The molecule has 0 unspecified atom stereocenters. The van der Waals surface area contributed by atoms with Crippen LogP contribution >= 0.6 is 22.9 Å². The van der Waals surface area contributed by atoms with Crippen LogP contribution in [0, 0.1) is 0 Å². The van der Waals surface area contributed by atoms with Gasteiger partial charge in [0.1, 0.15) is 0 Å². The molecule has 0 aliphatic carbocycles. The first-order valence-corrected chi connectivity index (χ1v) is 7.95. The van der Waals surface area contributed by atoms with Crippen molar-refractivity contribution in [2.75, 3.05) is 0 Å². The van der Waals surface area contributed by atoms with Gasteiger partial charge >= 0.3 is 0 Å². The van der Waals surface area contributed by atoms with E-state index in [4.69, 9.17) is 17.3 Å². The first kappa shape index (κ1) is 14.3. The molecule has 3 aromatic rings. The fraction of sp³-hybridized carbons (Fsp3) is 0.188. The number of hydrogen-bond donors (Lipinski definition) is 1. The summed E-state index contributed by atoms with van der Waals surface area (Å²) in [5.74, 6) is 0. The van der Waals surface area contributed by atoms with E-state index >= 15 is 0 Å². The summed E-state index contributed by atoms with van der Waals surface area (Å²) >= 11 is 7.57. The van der Waals surface area contributed by atoms with Crippen molar-refractivity contribution in [2.45, 2.75) is 19.0 Å². The van der Waals surface area contributed by atoms with Gasteiger partial charge in [-0.1, -0.05) is 41.9 Å². The molecule has 0 fully saturated rings. The van der Waals surface area contributed by atoms with E-state index in [0.29, 0.717) is 0 Å². The van der Waals surface area contributed by atoms with Crippen LogP contribution in [0.2, 0.25) is 4.34 Å². The predicted octanol–water partition coefficient (Wildman–Crippen LogP) is 3.89. The average Bonchev–Trinajstić information content (AvgIpc) is 3.10. The predicted molar refractivity (Wildman–Crippen MR) is 87.7 cm³/mol. The second kappa shape index (κ2) is 6.43. The van der Waals surface area contributed by atoms with Crippen LogP contribution < -0.4 is 5.73 Å². The Labute approximate surface area is 133 Å². The van der Waals surface area contributed by atoms with E-state index < -0.39 is 0 Å². The van der Waals surface area contributed by atoms with E-state index in [1.807, 2.05) is 42.9 Å². The zero-order chi connectivity index (χ0) is 14.7. The van der Waals surface area contributed by atoms with Gasteiger partial charge in [-0.3, -0.25) is 0 Å². The highest BCUT2D eigenvalue weighted by Crippen LogP contribution is 2.24. The van der Waals surface area contributed by atoms with E-state index in [1.165, 1.54) is 10.4 Å². The Morgan fingerprint density at radius 3 is 2.71 bits per heavy atom. The summed E-state index contributed by atoms with van der Waals surface area (Å²) in [6, 6.07) is 14.2. The van der Waals surface area contributed by atoms with Crippen LogP contribution in [0.1, 0.15) is 22.2 Å². The SMILES string of the molecule is N[C@H](Cc1ccccc1)c1cncn1Cc1ccc(Cl)s1. The number of rotatable bonds is 5. The molecule has 1 aromatic carbocycles. The highest BCUT2D eigenvalue weighted by molar-refractivity contribution is 7.16. The number of thiophene rings is 1. The minimum Gasteiger partial charge on any atom is -0.328 e. The maximum atomic E-state index is 6.35. The van der Waals surface area contributed by atoms with Gasteiger partial charge in [0, 0.05) is 11.1 Å². The Bertz CT molecular complexity index is 705. The molecular weight excluding hydrogens is 302 g/mol. The fourth-order valence-corrected chi connectivity index (χ4v) is 3.44. The average molecular weight is 318 g/mol. The Balaban J connectivity index is 1.75. The number of imidazole rings is 1. The van der Waals surface area contributed by atoms with Crippen LogP contribution in [0.15, 0.2) is 55.0 Å². The zero-order valence-electron chi connectivity index (χ0n) is 11.4. The van der Waals surface area contributed by atoms with Crippen molar-refractivity contribution in [1.29, 1.82) is 0 Å². The lowest BCUT2D eigenvalue weighted by molar-refractivity contribution is 0.634. The Kier molecular flexibility index (Phi) is 4.39. The van der Waals surface area contributed by atoms with E-state index in [2.05, 4.69) is 21.7 Å². The third-order valence-corrected chi connectivity index (χ3v) is 4.59. The number of benzene rings is 1. The van der Waals surface area contributed by atoms with Gasteiger partial charge in [-0.2, -0.15) is 0 Å². The third kappa shape index (κ3) is 3.53. The molecule has 21 heavy (non-hydrogen) atoms. The topological polar surface area (TPSA) is 43.8 Å². The molecule has 0 bridgehead atoms. The number of nitrogens with zero attached hydrogens (tertiary/aromatic N) is 2. The molecule has 2 aromatic heterocycles. The molecule has 0 aliphatic heterocycles. The van der Waals surface area contributed by atoms with Gasteiger partial charge in [-0.25, -0.2) is 4.98 Å². The number of hydrogen-bond acceptors (Lipinski definition) is 3. The number of halogens is 1. The molecule has 2 heterocycles. The first-order valence-electron chi connectivity index (χ1n) is 6.76. The highest BCUT2D eigenvalue weighted by Gasteiger charge is 2.13. The number of aromatic nitrogens is 2. The number of nitrogens with two attached hydrogens (primary N) is 1. The Morgan fingerprint density at radius 1 is 1.19 bits per heavy atom. The van der Waals surface area contributed by atoms with Gasteiger partial charge in [0.05, 0.1) is 28.9 Å². The van der Waals surface area contributed by atoms with Crippen molar-refractivity contribution in [3.05, 3.63) is 75.5 Å². The third-order valence-electron chi connectivity index (χ3n) is 3.38. The van der Waals surface area contributed by atoms with E-state index in [9.17, 15) is 0 Å². The molecule has 108 valence electrons. The van der Waals surface area contributed by atoms with Gasteiger partial charge in [0.15, 0.2) is 0 Å². The maximum absolute atomic E-state index is 6.35. The molecule has 0 saturated carbocycles. The minimum atomic E-state index is -0.0645. The van der Waals surface area contributed by atoms with Crippen molar-refractivity contribution < 1.29 is 0 Å². The smallest absolute Gasteiger partial charge is 0.0952 e. The van der Waals surface area contributed by atoms with Crippen LogP contribution in [0.3, 0.4) is 0 Å². The summed E-state index contributed by atoms with van der Waals surface area (Å²) in [5, 5.41) is 0. The van der Waals surface area contributed by atoms with Crippen LogP contribution in [0.25, 0.3) is 0 Å². The van der Waals surface area contributed by atoms with Gasteiger partial charge in [-0.15, -0.1) is 11.3 Å². The Hall–Kier alpha value is -1.62. The normalized spacial score (nSPS) is 12.5. The van der Waals surface area contributed by atoms with Gasteiger partial charge in [-0.05, 0) is 24.1 Å². The Morgan fingerprint density at radius 2 is 2.00 bits per heavy atom. The lowest BCUT2D eigenvalue weighted by atomic mass is 10.0. The molecule has 0 aliphatic rings. The van der Waals surface area contributed by atoms with Crippen molar-refractivity contribution in [2.24, 2.45) is 5.73 Å². The molecule has 1 atom stereocenters. The van der Waals surface area contributed by atoms with E-state index in [-0.39, 0.29) is 6.04 Å². The van der Waals surface area contributed by atoms with Crippen LogP contribution in [0.5, 0.6) is 0 Å². The summed E-state index contributed by atoms with van der Waals surface area (Å²) < 4.78 is 2.90. The van der Waals surface area contributed by atoms with Crippen LogP contribution in [-0.4, -0.2) is 9.55 Å². The molecule has 5 heteroatoms. The summed E-state index contributed by atoms with van der Waals surface area (Å²) in [5.41, 5.74) is 8.63. The maximum Gasteiger partial charge on any atom is 0.0952 e. The summed E-state index contributed by atoms with van der Waals surface area (Å²) in [6.45, 7) is 0.759. The van der Waals surface area contributed by atoms with Gasteiger partial charge < -0.3 is 10.3 Å². The minimum absolute atomic E-state index is 0.0645. The van der Waals surface area contributed by atoms with Crippen molar-refractivity contribution in [3.8, 4) is 0 Å². The molecule has 3 rings (SSSR count). The molecule has 0 spiro atoms. The zero-order valence-corrected chi connectivity index (χ0v) is 13.0. The van der Waals surface area contributed by atoms with Crippen LogP contribution in [-0.2, 0) is 13.0 Å². The van der Waals surface area contributed by atoms with Crippen molar-refractivity contribution in [3.63, 3.8) is 0 Å².